The Labute approximate surface area is 76.0 Å². The van der Waals surface area contributed by atoms with Crippen LogP contribution in [-0.2, 0) is 14.3 Å². The molecular weight excluding hydrogens is 176 g/mol. The molecular formula is C7H14N2O4. The average molecular weight is 190 g/mol. The molecule has 0 aliphatic rings. The Morgan fingerprint density at radius 2 is 2.23 bits per heavy atom. The van der Waals surface area contributed by atoms with Gasteiger partial charge in [0.1, 0.15) is 6.04 Å². The van der Waals surface area contributed by atoms with E-state index >= 15 is 0 Å². The number of esters is 2. The van der Waals surface area contributed by atoms with Crippen molar-refractivity contribution in [3.8, 4) is 0 Å². The van der Waals surface area contributed by atoms with Crippen molar-refractivity contribution in [2.45, 2.75) is 25.8 Å². The lowest BCUT2D eigenvalue weighted by atomic mass is 10.2. The van der Waals surface area contributed by atoms with Crippen molar-refractivity contribution in [2.24, 2.45) is 5.73 Å². The van der Waals surface area contributed by atoms with Gasteiger partial charge in [-0.25, -0.2) is 4.79 Å². The zero-order valence-electron chi connectivity index (χ0n) is 7.45. The number of carbonyl (C=O) groups excluding carboxylic acids is 2. The monoisotopic (exact) mass is 190 g/mol. The summed E-state index contributed by atoms with van der Waals surface area (Å²) < 4.78 is 4.26. The molecule has 0 aromatic carbocycles. The minimum atomic E-state index is -0.882. The van der Waals surface area contributed by atoms with Crippen LogP contribution in [0.2, 0.25) is 0 Å². The minimum absolute atomic E-state index is 0.332. The molecule has 0 saturated heterocycles. The third-order valence-electron chi connectivity index (χ3n) is 1.38. The van der Waals surface area contributed by atoms with Crippen molar-refractivity contribution < 1.29 is 19.5 Å². The Hall–Kier alpha value is -0.980. The lowest BCUT2D eigenvalue weighted by Crippen LogP contribution is -2.37. The molecule has 0 saturated carbocycles. The van der Waals surface area contributed by atoms with Gasteiger partial charge in [-0.3, -0.25) is 4.79 Å². The van der Waals surface area contributed by atoms with Gasteiger partial charge in [0, 0.05) is 6.92 Å². The standard InChI is InChI=1S/C7H14N2O4/c1-5(10)13-7(11)6(9-12)3-2-4-8/h6,9,12H,2-4,8H2,1H3/t6-/m0/s1. The summed E-state index contributed by atoms with van der Waals surface area (Å²) in [6.07, 6.45) is 0.893. The number of carbonyl (C=O) groups is 2. The molecule has 0 aliphatic heterocycles. The van der Waals surface area contributed by atoms with Crippen LogP contribution in [0.3, 0.4) is 0 Å². The van der Waals surface area contributed by atoms with Crippen LogP contribution in [0.25, 0.3) is 0 Å². The second kappa shape index (κ2) is 6.53. The molecule has 6 nitrogen and oxygen atoms in total. The van der Waals surface area contributed by atoms with Gasteiger partial charge < -0.3 is 15.7 Å². The van der Waals surface area contributed by atoms with Crippen LogP contribution in [-0.4, -0.2) is 29.7 Å². The van der Waals surface area contributed by atoms with E-state index in [-0.39, 0.29) is 0 Å². The molecule has 0 amide bonds. The van der Waals surface area contributed by atoms with Crippen molar-refractivity contribution in [1.82, 2.24) is 5.48 Å². The summed E-state index contributed by atoms with van der Waals surface area (Å²) in [5.74, 6) is -1.48. The molecule has 0 radical (unpaired) electrons. The fourth-order valence-corrected chi connectivity index (χ4v) is 0.770. The van der Waals surface area contributed by atoms with Crippen LogP contribution in [0, 0.1) is 0 Å². The summed E-state index contributed by atoms with van der Waals surface area (Å²) in [4.78, 5) is 21.4. The van der Waals surface area contributed by atoms with Crippen LogP contribution in [0.4, 0.5) is 0 Å². The topological polar surface area (TPSA) is 102 Å². The summed E-state index contributed by atoms with van der Waals surface area (Å²) in [5, 5.41) is 8.53. The molecule has 0 heterocycles. The molecule has 0 aromatic rings. The van der Waals surface area contributed by atoms with Gasteiger partial charge in [0.25, 0.3) is 0 Å². The highest BCUT2D eigenvalue weighted by Gasteiger charge is 2.19. The van der Waals surface area contributed by atoms with Gasteiger partial charge in [0.2, 0.25) is 0 Å². The number of nitrogens with one attached hydrogen (secondary N) is 1. The maximum Gasteiger partial charge on any atom is 0.333 e. The largest absolute Gasteiger partial charge is 0.392 e. The van der Waals surface area contributed by atoms with E-state index in [2.05, 4.69) is 4.74 Å². The summed E-state index contributed by atoms with van der Waals surface area (Å²) in [5.41, 5.74) is 6.96. The highest BCUT2D eigenvalue weighted by molar-refractivity contribution is 5.87. The fraction of sp³-hybridized carbons (Fsp3) is 0.714. The van der Waals surface area contributed by atoms with Crippen molar-refractivity contribution in [3.05, 3.63) is 0 Å². The quantitative estimate of drug-likeness (QED) is 0.297. The molecule has 0 fully saturated rings. The third kappa shape index (κ3) is 5.29. The third-order valence-corrected chi connectivity index (χ3v) is 1.38. The van der Waals surface area contributed by atoms with E-state index in [0.29, 0.717) is 19.4 Å². The molecule has 0 rings (SSSR count). The molecule has 1 atom stereocenters. The van der Waals surface area contributed by atoms with Crippen molar-refractivity contribution in [1.29, 1.82) is 0 Å². The van der Waals surface area contributed by atoms with E-state index in [4.69, 9.17) is 10.9 Å². The van der Waals surface area contributed by atoms with Gasteiger partial charge in [-0.05, 0) is 19.4 Å². The van der Waals surface area contributed by atoms with E-state index in [1.54, 1.807) is 5.48 Å². The first kappa shape index (κ1) is 12.0. The van der Waals surface area contributed by atoms with E-state index in [1.807, 2.05) is 0 Å². The lowest BCUT2D eigenvalue weighted by Gasteiger charge is -2.11. The van der Waals surface area contributed by atoms with Gasteiger partial charge in [-0.15, -0.1) is 0 Å². The highest BCUT2D eigenvalue weighted by Crippen LogP contribution is 1.98. The Bertz CT molecular complexity index is 183. The maximum atomic E-state index is 11.0. The lowest BCUT2D eigenvalue weighted by molar-refractivity contribution is -0.161. The van der Waals surface area contributed by atoms with Gasteiger partial charge in [-0.1, -0.05) is 0 Å². The van der Waals surface area contributed by atoms with Crippen molar-refractivity contribution >= 4 is 11.9 Å². The van der Waals surface area contributed by atoms with Crippen LogP contribution in [0.1, 0.15) is 19.8 Å². The van der Waals surface area contributed by atoms with Gasteiger partial charge in [0.05, 0.1) is 0 Å². The van der Waals surface area contributed by atoms with Crippen molar-refractivity contribution in [3.63, 3.8) is 0 Å². The molecule has 0 bridgehead atoms. The van der Waals surface area contributed by atoms with E-state index < -0.39 is 18.0 Å². The molecule has 0 aromatic heterocycles. The SMILES string of the molecule is CC(=O)OC(=O)[C@H](CCCN)NO. The number of hydroxylamine groups is 1. The van der Waals surface area contributed by atoms with E-state index in [9.17, 15) is 9.59 Å². The predicted octanol–water partition coefficient (Wildman–Crippen LogP) is -0.838. The molecule has 13 heavy (non-hydrogen) atoms. The van der Waals surface area contributed by atoms with E-state index in [1.165, 1.54) is 0 Å². The molecule has 6 heteroatoms. The molecule has 76 valence electrons. The number of hydrogen-bond acceptors (Lipinski definition) is 6. The van der Waals surface area contributed by atoms with Crippen molar-refractivity contribution in [2.75, 3.05) is 6.54 Å². The second-order valence-electron chi connectivity index (χ2n) is 2.53. The van der Waals surface area contributed by atoms with Crippen LogP contribution < -0.4 is 11.2 Å². The zero-order valence-corrected chi connectivity index (χ0v) is 7.45. The molecule has 0 spiro atoms. The predicted molar refractivity (Wildman–Crippen MR) is 43.8 cm³/mol. The average Bonchev–Trinajstić information content (AvgIpc) is 2.04. The van der Waals surface area contributed by atoms with Crippen LogP contribution in [0.5, 0.6) is 0 Å². The number of nitrogens with two attached hydrogens (primary N) is 1. The first-order valence-electron chi connectivity index (χ1n) is 3.93. The summed E-state index contributed by atoms with van der Waals surface area (Å²) in [6, 6.07) is -0.882. The highest BCUT2D eigenvalue weighted by atomic mass is 16.6. The molecule has 0 aliphatic carbocycles. The van der Waals surface area contributed by atoms with Gasteiger partial charge in [0.15, 0.2) is 0 Å². The number of hydrogen-bond donors (Lipinski definition) is 3. The zero-order chi connectivity index (χ0) is 10.3. The van der Waals surface area contributed by atoms with E-state index in [0.717, 1.165) is 6.92 Å². The Balaban J connectivity index is 3.91. The minimum Gasteiger partial charge on any atom is -0.392 e. The summed E-state index contributed by atoms with van der Waals surface area (Å²) in [7, 11) is 0. The first-order valence-corrected chi connectivity index (χ1v) is 3.93. The summed E-state index contributed by atoms with van der Waals surface area (Å²) >= 11 is 0. The maximum absolute atomic E-state index is 11.0. The smallest absolute Gasteiger partial charge is 0.333 e. The molecule has 0 unspecified atom stereocenters. The Morgan fingerprint density at radius 3 is 2.62 bits per heavy atom. The fourth-order valence-electron chi connectivity index (χ4n) is 0.770. The number of ether oxygens (including phenoxy) is 1. The van der Waals surface area contributed by atoms with Crippen LogP contribution >= 0.6 is 0 Å². The second-order valence-corrected chi connectivity index (χ2v) is 2.53. The van der Waals surface area contributed by atoms with Gasteiger partial charge >= 0.3 is 11.9 Å². The van der Waals surface area contributed by atoms with Crippen LogP contribution in [0.15, 0.2) is 0 Å². The molecule has 4 N–H and O–H groups in total. The summed E-state index contributed by atoms with van der Waals surface area (Å²) in [6.45, 7) is 1.53. The number of rotatable bonds is 5. The van der Waals surface area contributed by atoms with Gasteiger partial charge in [-0.2, -0.15) is 5.48 Å². The normalized spacial score (nSPS) is 12.2. The Morgan fingerprint density at radius 1 is 1.62 bits per heavy atom. The Kier molecular flexibility index (Phi) is 6.03. The first-order chi connectivity index (χ1) is 6.11.